The highest BCUT2D eigenvalue weighted by molar-refractivity contribution is 7.16. The van der Waals surface area contributed by atoms with E-state index in [1.165, 1.54) is 18.2 Å². The maximum absolute atomic E-state index is 13.3. The third-order valence-electron chi connectivity index (χ3n) is 4.93. The maximum atomic E-state index is 13.3. The molecule has 2 aromatic heterocycles. The number of fused-ring (bicyclic) bond motifs is 1. The van der Waals surface area contributed by atoms with E-state index >= 15 is 0 Å². The van der Waals surface area contributed by atoms with E-state index in [9.17, 15) is 27.2 Å². The highest BCUT2D eigenvalue weighted by Gasteiger charge is 2.40. The molecule has 4 rings (SSSR count). The number of alkyl halides is 3. The number of carbonyl (C=O) groups is 2. The van der Waals surface area contributed by atoms with Crippen molar-refractivity contribution in [3.8, 4) is 0 Å². The zero-order chi connectivity index (χ0) is 20.8. The van der Waals surface area contributed by atoms with Crippen molar-refractivity contribution in [2.75, 3.05) is 13.1 Å². The number of H-pyrrole nitrogens is 1. The van der Waals surface area contributed by atoms with Crippen molar-refractivity contribution in [2.45, 2.75) is 24.9 Å². The largest absolute Gasteiger partial charge is 0.455 e. The number of carbonyl (C=O) groups excluding carboxylic acids is 2. The number of halogens is 4. The Morgan fingerprint density at radius 1 is 1.10 bits per heavy atom. The quantitative estimate of drug-likeness (QED) is 0.495. The van der Waals surface area contributed by atoms with Crippen LogP contribution in [0.15, 0.2) is 30.3 Å². The van der Waals surface area contributed by atoms with Gasteiger partial charge in [-0.3, -0.25) is 9.59 Å². The molecule has 29 heavy (non-hydrogen) atoms. The fourth-order valence-electron chi connectivity index (χ4n) is 3.42. The lowest BCUT2D eigenvalue weighted by Gasteiger charge is -2.30. The van der Waals surface area contributed by atoms with Crippen LogP contribution in [0.4, 0.5) is 17.6 Å². The van der Waals surface area contributed by atoms with Crippen LogP contribution in [-0.2, 0) is 0 Å². The van der Waals surface area contributed by atoms with Gasteiger partial charge in [0, 0.05) is 25.1 Å². The second-order valence-electron chi connectivity index (χ2n) is 6.84. The number of benzene rings is 1. The Balaban J connectivity index is 1.42. The van der Waals surface area contributed by atoms with Crippen LogP contribution in [-0.4, -0.2) is 45.8 Å². The predicted molar refractivity (Wildman–Crippen MR) is 98.6 cm³/mol. The van der Waals surface area contributed by atoms with Gasteiger partial charge in [0.1, 0.15) is 11.6 Å². The van der Waals surface area contributed by atoms with Gasteiger partial charge in [-0.05, 0) is 37.1 Å². The number of thiophene rings is 1. The van der Waals surface area contributed by atoms with Gasteiger partial charge < -0.3 is 9.88 Å². The molecule has 5 nitrogen and oxygen atoms in total. The number of Topliss-reactive ketones (excluding diaryl/α,β-unsaturated/α-hetero) is 1. The fourth-order valence-corrected chi connectivity index (χ4v) is 4.35. The molecule has 152 valence electrons. The van der Waals surface area contributed by atoms with Crippen molar-refractivity contribution in [1.82, 2.24) is 14.9 Å². The molecule has 1 amide bonds. The molecule has 0 radical (unpaired) electrons. The van der Waals surface area contributed by atoms with Crippen LogP contribution in [0.2, 0.25) is 0 Å². The van der Waals surface area contributed by atoms with Gasteiger partial charge in [-0.2, -0.15) is 13.2 Å². The molecule has 0 saturated carbocycles. The molecule has 0 atom stereocenters. The number of aromatic nitrogens is 2. The normalized spacial score (nSPS) is 15.8. The molecule has 0 aliphatic carbocycles. The molecule has 1 aromatic carbocycles. The zero-order valence-corrected chi connectivity index (χ0v) is 15.7. The van der Waals surface area contributed by atoms with E-state index < -0.39 is 16.8 Å². The summed E-state index contributed by atoms with van der Waals surface area (Å²) in [5.41, 5.74) is 1.28. The molecule has 10 heteroatoms. The second kappa shape index (κ2) is 7.25. The minimum atomic E-state index is -4.96. The van der Waals surface area contributed by atoms with Gasteiger partial charge in [-0.15, -0.1) is 11.3 Å². The van der Waals surface area contributed by atoms with E-state index in [1.54, 1.807) is 11.0 Å². The number of piperidine rings is 1. The number of amides is 1. The summed E-state index contributed by atoms with van der Waals surface area (Å²) in [6.45, 7) is 0.824. The van der Waals surface area contributed by atoms with E-state index in [-0.39, 0.29) is 22.5 Å². The Hall–Kier alpha value is -2.75. The lowest BCUT2D eigenvalue weighted by atomic mass is 9.96. The zero-order valence-electron chi connectivity index (χ0n) is 14.9. The molecule has 0 spiro atoms. The molecular weight excluding hydrogens is 410 g/mol. The number of nitrogens with zero attached hydrogens (tertiary/aromatic N) is 2. The first-order chi connectivity index (χ1) is 13.7. The Bertz CT molecular complexity index is 1080. The van der Waals surface area contributed by atoms with Crippen molar-refractivity contribution in [1.29, 1.82) is 0 Å². The van der Waals surface area contributed by atoms with Gasteiger partial charge in [0.05, 0.1) is 20.8 Å². The molecule has 3 aromatic rings. The van der Waals surface area contributed by atoms with Crippen LogP contribution in [0.3, 0.4) is 0 Å². The number of nitrogens with one attached hydrogen (secondary N) is 1. The maximum Gasteiger partial charge on any atom is 0.455 e. The summed E-state index contributed by atoms with van der Waals surface area (Å²) >= 11 is 0.556. The topological polar surface area (TPSA) is 66.1 Å². The molecule has 1 saturated heterocycles. The third-order valence-corrected chi connectivity index (χ3v) is 6.00. The van der Waals surface area contributed by atoms with E-state index in [1.807, 2.05) is 0 Å². The number of imidazole rings is 1. The minimum absolute atomic E-state index is 0.0696. The van der Waals surface area contributed by atoms with E-state index in [0.29, 0.717) is 42.8 Å². The Morgan fingerprint density at radius 3 is 2.48 bits per heavy atom. The van der Waals surface area contributed by atoms with E-state index in [2.05, 4.69) is 9.97 Å². The fraction of sp³-hybridized carbons (Fsp3) is 0.316. The molecule has 1 N–H and O–H groups in total. The van der Waals surface area contributed by atoms with Crippen molar-refractivity contribution in [3.05, 3.63) is 51.7 Å². The average Bonchev–Trinajstić information content (AvgIpc) is 3.33. The lowest BCUT2D eigenvalue weighted by molar-refractivity contribution is -0.0882. The van der Waals surface area contributed by atoms with Gasteiger partial charge in [0.2, 0.25) is 0 Å². The summed E-state index contributed by atoms with van der Waals surface area (Å²) in [6.07, 6.45) is -3.72. The number of rotatable bonds is 3. The number of likely N-dealkylation sites (tertiary alicyclic amines) is 1. The van der Waals surface area contributed by atoms with Crippen LogP contribution < -0.4 is 0 Å². The molecule has 1 aliphatic heterocycles. The van der Waals surface area contributed by atoms with Gasteiger partial charge >= 0.3 is 6.18 Å². The van der Waals surface area contributed by atoms with E-state index in [0.717, 1.165) is 17.4 Å². The summed E-state index contributed by atoms with van der Waals surface area (Å²) in [7, 11) is 0. The summed E-state index contributed by atoms with van der Waals surface area (Å²) in [5, 5.41) is 0. The second-order valence-corrected chi connectivity index (χ2v) is 7.92. The van der Waals surface area contributed by atoms with Crippen LogP contribution >= 0.6 is 11.3 Å². The SMILES string of the molecule is O=C(c1ccc(C(=O)C(F)(F)F)s1)N1CCC(c2nc3cc(F)ccc3[nH]2)CC1. The first kappa shape index (κ1) is 19.6. The minimum Gasteiger partial charge on any atom is -0.342 e. The van der Waals surface area contributed by atoms with Crippen molar-refractivity contribution in [3.63, 3.8) is 0 Å². The smallest absolute Gasteiger partial charge is 0.342 e. The molecule has 3 heterocycles. The number of hydrogen-bond donors (Lipinski definition) is 1. The van der Waals surface area contributed by atoms with Crippen LogP contribution in [0.25, 0.3) is 11.0 Å². The molecule has 0 bridgehead atoms. The van der Waals surface area contributed by atoms with Gasteiger partial charge in [-0.1, -0.05) is 0 Å². The highest BCUT2D eigenvalue weighted by Crippen LogP contribution is 2.31. The van der Waals surface area contributed by atoms with Crippen LogP contribution in [0.5, 0.6) is 0 Å². The standard InChI is InChI=1S/C19H15F4N3O2S/c20-11-1-2-12-13(9-11)25-17(24-12)10-5-7-26(8-6-10)18(28)15-4-3-14(29-15)16(27)19(21,22)23/h1-4,9-10H,5-8H2,(H,24,25). The molecule has 1 aliphatic rings. The summed E-state index contributed by atoms with van der Waals surface area (Å²) in [6, 6.07) is 6.62. The number of ketones is 1. The van der Waals surface area contributed by atoms with Crippen molar-refractivity contribution in [2.24, 2.45) is 0 Å². The van der Waals surface area contributed by atoms with Crippen LogP contribution in [0, 0.1) is 5.82 Å². The predicted octanol–water partition coefficient (Wildman–Crippen LogP) is 4.53. The lowest BCUT2D eigenvalue weighted by Crippen LogP contribution is -2.37. The average molecular weight is 425 g/mol. The Labute approximate surface area is 166 Å². The van der Waals surface area contributed by atoms with Gasteiger partial charge in [0.15, 0.2) is 0 Å². The highest BCUT2D eigenvalue weighted by atomic mass is 32.1. The first-order valence-corrected chi connectivity index (χ1v) is 9.70. The third kappa shape index (κ3) is 3.89. The molecule has 1 fully saturated rings. The van der Waals surface area contributed by atoms with Crippen molar-refractivity contribution >= 4 is 34.1 Å². The van der Waals surface area contributed by atoms with Crippen molar-refractivity contribution < 1.29 is 27.2 Å². The molecule has 0 unspecified atom stereocenters. The van der Waals surface area contributed by atoms with Crippen LogP contribution in [0.1, 0.15) is 43.9 Å². The monoisotopic (exact) mass is 425 g/mol. The summed E-state index contributed by atoms with van der Waals surface area (Å²) in [4.78, 5) is 32.7. The number of aromatic amines is 1. The summed E-state index contributed by atoms with van der Waals surface area (Å²) in [5.74, 6) is -1.90. The first-order valence-electron chi connectivity index (χ1n) is 8.88. The number of hydrogen-bond acceptors (Lipinski definition) is 4. The Morgan fingerprint density at radius 2 is 1.79 bits per heavy atom. The Kier molecular flexibility index (Phi) is 4.89. The van der Waals surface area contributed by atoms with Gasteiger partial charge in [0.25, 0.3) is 11.7 Å². The van der Waals surface area contributed by atoms with E-state index in [4.69, 9.17) is 0 Å². The molecular formula is C19H15F4N3O2S. The van der Waals surface area contributed by atoms with Gasteiger partial charge in [-0.25, -0.2) is 9.37 Å². The summed E-state index contributed by atoms with van der Waals surface area (Å²) < 4.78 is 50.9.